The third-order valence-corrected chi connectivity index (χ3v) is 2.64. The van der Waals surface area contributed by atoms with Crippen LogP contribution >= 0.6 is 11.3 Å². The molecule has 0 aliphatic heterocycles. The molecule has 0 saturated carbocycles. The lowest BCUT2D eigenvalue weighted by molar-refractivity contribution is 0.0698. The number of carbonyl (C=O) groups is 1. The van der Waals surface area contributed by atoms with Crippen molar-refractivity contribution in [2.45, 2.75) is 0 Å². The summed E-state index contributed by atoms with van der Waals surface area (Å²) in [6, 6.07) is 3.29. The van der Waals surface area contributed by atoms with Crippen LogP contribution in [0.3, 0.4) is 0 Å². The molecule has 16 heavy (non-hydrogen) atoms. The smallest absolute Gasteiger partial charge is 0.337 e. The van der Waals surface area contributed by atoms with Gasteiger partial charge in [0.15, 0.2) is 0 Å². The summed E-state index contributed by atoms with van der Waals surface area (Å²) in [6.07, 6.45) is 1.33. The van der Waals surface area contributed by atoms with E-state index < -0.39 is 5.97 Å². The van der Waals surface area contributed by atoms with Gasteiger partial charge in [-0.05, 0) is 17.5 Å². The molecular weight excluding hydrogens is 226 g/mol. The lowest BCUT2D eigenvalue weighted by atomic mass is 10.2. The van der Waals surface area contributed by atoms with Gasteiger partial charge in [-0.1, -0.05) is 0 Å². The minimum absolute atomic E-state index is 0.0488. The first-order chi connectivity index (χ1) is 7.66. The monoisotopic (exact) mass is 235 g/mol. The van der Waals surface area contributed by atoms with Gasteiger partial charge in [-0.25, -0.2) is 9.78 Å². The summed E-state index contributed by atoms with van der Waals surface area (Å²) in [5.74, 6) is -0.599. The van der Waals surface area contributed by atoms with E-state index in [0.29, 0.717) is 5.82 Å². The third-order valence-electron chi connectivity index (χ3n) is 1.96. The number of aromatic nitrogens is 1. The topological polar surface area (TPSA) is 88.2 Å². The Hall–Kier alpha value is -2.08. The summed E-state index contributed by atoms with van der Waals surface area (Å²) >= 11 is 1.54. The van der Waals surface area contributed by atoms with Gasteiger partial charge < -0.3 is 16.2 Å². The van der Waals surface area contributed by atoms with Crippen LogP contribution in [0.2, 0.25) is 0 Å². The van der Waals surface area contributed by atoms with Crippen molar-refractivity contribution in [1.29, 1.82) is 0 Å². The highest BCUT2D eigenvalue weighted by Gasteiger charge is 2.09. The van der Waals surface area contributed by atoms with Crippen molar-refractivity contribution in [3.8, 4) is 0 Å². The maximum absolute atomic E-state index is 10.8. The molecule has 2 aromatic rings. The van der Waals surface area contributed by atoms with Crippen molar-refractivity contribution in [2.24, 2.45) is 0 Å². The van der Waals surface area contributed by atoms with Crippen molar-refractivity contribution in [1.82, 2.24) is 4.98 Å². The van der Waals surface area contributed by atoms with Crippen LogP contribution in [0, 0.1) is 0 Å². The quantitative estimate of drug-likeness (QED) is 0.758. The second-order valence-corrected chi connectivity index (χ2v) is 3.88. The van der Waals surface area contributed by atoms with Gasteiger partial charge in [0.05, 0.1) is 23.1 Å². The summed E-state index contributed by atoms with van der Waals surface area (Å²) in [6.45, 7) is 0. The SMILES string of the molecule is Nc1cnc(Nc2ccsc2)cc1C(=O)O. The van der Waals surface area contributed by atoms with Crippen LogP contribution in [-0.2, 0) is 0 Å². The van der Waals surface area contributed by atoms with E-state index >= 15 is 0 Å². The predicted octanol–water partition coefficient (Wildman–Crippen LogP) is 2.17. The Morgan fingerprint density at radius 2 is 2.38 bits per heavy atom. The average molecular weight is 235 g/mol. The first kappa shape index (κ1) is 10.4. The Labute approximate surface area is 95.6 Å². The van der Waals surface area contributed by atoms with Gasteiger partial charge in [-0.15, -0.1) is 0 Å². The van der Waals surface area contributed by atoms with E-state index in [4.69, 9.17) is 10.8 Å². The fourth-order valence-electron chi connectivity index (χ4n) is 1.20. The number of aromatic carboxylic acids is 1. The largest absolute Gasteiger partial charge is 0.478 e. The third kappa shape index (κ3) is 2.12. The fourth-order valence-corrected chi connectivity index (χ4v) is 1.79. The Bertz CT molecular complexity index is 511. The second-order valence-electron chi connectivity index (χ2n) is 3.10. The molecule has 0 bridgehead atoms. The summed E-state index contributed by atoms with van der Waals surface area (Å²) in [7, 11) is 0. The number of carboxylic acids is 1. The molecule has 4 N–H and O–H groups in total. The first-order valence-electron chi connectivity index (χ1n) is 4.45. The molecular formula is C10H9N3O2S. The van der Waals surface area contributed by atoms with Gasteiger partial charge >= 0.3 is 5.97 Å². The molecule has 0 spiro atoms. The number of nitrogens with zero attached hydrogens (tertiary/aromatic N) is 1. The maximum Gasteiger partial charge on any atom is 0.337 e. The van der Waals surface area contributed by atoms with Crippen LogP contribution in [0.25, 0.3) is 0 Å². The average Bonchev–Trinajstić information content (AvgIpc) is 2.73. The summed E-state index contributed by atoms with van der Waals surface area (Å²) < 4.78 is 0. The Balaban J connectivity index is 2.29. The molecule has 2 rings (SSSR count). The van der Waals surface area contributed by atoms with E-state index in [1.54, 1.807) is 11.3 Å². The van der Waals surface area contributed by atoms with Crippen LogP contribution in [0.1, 0.15) is 10.4 Å². The van der Waals surface area contributed by atoms with Crippen LogP contribution in [0.4, 0.5) is 17.2 Å². The van der Waals surface area contributed by atoms with E-state index in [9.17, 15) is 4.79 Å². The molecule has 0 unspecified atom stereocenters. The number of hydrogen-bond acceptors (Lipinski definition) is 5. The molecule has 0 atom stereocenters. The number of nitrogens with one attached hydrogen (secondary N) is 1. The lowest BCUT2D eigenvalue weighted by Gasteiger charge is -2.05. The standard InChI is InChI=1S/C10H9N3O2S/c11-8-4-12-9(3-7(8)10(14)15)13-6-1-2-16-5-6/h1-5H,11H2,(H,12,13)(H,14,15). The van der Waals surface area contributed by atoms with Crippen LogP contribution in [0.15, 0.2) is 29.1 Å². The number of nitrogen functional groups attached to an aromatic ring is 1. The Kier molecular flexibility index (Phi) is 2.74. The Morgan fingerprint density at radius 3 is 3.00 bits per heavy atom. The maximum atomic E-state index is 10.8. The molecule has 0 aromatic carbocycles. The van der Waals surface area contributed by atoms with Crippen molar-refractivity contribution in [2.75, 3.05) is 11.1 Å². The molecule has 5 nitrogen and oxygen atoms in total. The molecule has 0 aliphatic rings. The molecule has 0 fully saturated rings. The number of rotatable bonds is 3. The van der Waals surface area contributed by atoms with Crippen LogP contribution in [-0.4, -0.2) is 16.1 Å². The number of carboxylic acid groups (broad SMARTS) is 1. The van der Waals surface area contributed by atoms with E-state index in [0.717, 1.165) is 5.69 Å². The summed E-state index contributed by atoms with van der Waals surface area (Å²) in [5.41, 5.74) is 6.57. The molecule has 2 aromatic heterocycles. The molecule has 0 amide bonds. The summed E-state index contributed by atoms with van der Waals surface area (Å²) in [4.78, 5) is 14.8. The van der Waals surface area contributed by atoms with Gasteiger partial charge in [-0.3, -0.25) is 0 Å². The predicted molar refractivity (Wildman–Crippen MR) is 63.2 cm³/mol. The van der Waals surface area contributed by atoms with Crippen molar-refractivity contribution < 1.29 is 9.90 Å². The highest BCUT2D eigenvalue weighted by atomic mass is 32.1. The zero-order valence-corrected chi connectivity index (χ0v) is 8.99. The van der Waals surface area contributed by atoms with Gasteiger partial charge in [0.1, 0.15) is 5.82 Å². The number of thiophene rings is 1. The summed E-state index contributed by atoms with van der Waals surface area (Å²) in [5, 5.41) is 15.7. The van der Waals surface area contributed by atoms with E-state index in [2.05, 4.69) is 10.3 Å². The molecule has 2 heterocycles. The van der Waals surface area contributed by atoms with Crippen LogP contribution < -0.4 is 11.1 Å². The molecule has 0 radical (unpaired) electrons. The number of pyridine rings is 1. The van der Waals surface area contributed by atoms with E-state index in [1.807, 2.05) is 16.8 Å². The van der Waals surface area contributed by atoms with Crippen LogP contribution in [0.5, 0.6) is 0 Å². The zero-order chi connectivity index (χ0) is 11.5. The van der Waals surface area contributed by atoms with Gasteiger partial charge in [0.25, 0.3) is 0 Å². The molecule has 0 aliphatic carbocycles. The van der Waals surface area contributed by atoms with Gasteiger partial charge in [0.2, 0.25) is 0 Å². The van der Waals surface area contributed by atoms with Crippen molar-refractivity contribution in [3.05, 3.63) is 34.7 Å². The second kappa shape index (κ2) is 4.19. The number of nitrogens with two attached hydrogens (primary N) is 1. The highest BCUT2D eigenvalue weighted by Crippen LogP contribution is 2.20. The highest BCUT2D eigenvalue weighted by molar-refractivity contribution is 7.08. The normalized spacial score (nSPS) is 10.0. The van der Waals surface area contributed by atoms with E-state index in [1.165, 1.54) is 12.3 Å². The van der Waals surface area contributed by atoms with Crippen molar-refractivity contribution in [3.63, 3.8) is 0 Å². The first-order valence-corrected chi connectivity index (χ1v) is 5.39. The van der Waals surface area contributed by atoms with Gasteiger partial charge in [0, 0.05) is 5.38 Å². The molecule has 6 heteroatoms. The Morgan fingerprint density at radius 1 is 1.56 bits per heavy atom. The van der Waals surface area contributed by atoms with E-state index in [-0.39, 0.29) is 11.3 Å². The number of hydrogen-bond donors (Lipinski definition) is 3. The fraction of sp³-hybridized carbons (Fsp3) is 0. The minimum atomic E-state index is -1.06. The van der Waals surface area contributed by atoms with Crippen molar-refractivity contribution >= 4 is 34.5 Å². The van der Waals surface area contributed by atoms with Gasteiger partial charge in [-0.2, -0.15) is 11.3 Å². The molecule has 82 valence electrons. The number of anilines is 3. The zero-order valence-electron chi connectivity index (χ0n) is 8.18. The minimum Gasteiger partial charge on any atom is -0.478 e. The molecule has 0 saturated heterocycles. The lowest BCUT2D eigenvalue weighted by Crippen LogP contribution is -2.04.